The molecule has 0 aromatic heterocycles. The average molecular weight is 261 g/mol. The Hall–Kier alpha value is -0.570. The van der Waals surface area contributed by atoms with Crippen LogP contribution in [0.15, 0.2) is 24.3 Å². The third-order valence-electron chi connectivity index (χ3n) is 1.72. The van der Waals surface area contributed by atoms with Crippen LogP contribution in [0.2, 0.25) is 0 Å². The van der Waals surface area contributed by atoms with E-state index in [0.717, 1.165) is 5.75 Å². The highest BCUT2D eigenvalue weighted by molar-refractivity contribution is 9.09. The Morgan fingerprint density at radius 3 is 2.29 bits per heavy atom. The van der Waals surface area contributed by atoms with Gasteiger partial charge in [0, 0.05) is 0 Å². The lowest BCUT2D eigenvalue weighted by atomic mass is 10.2. The molecule has 78 valence electrons. The van der Waals surface area contributed by atoms with Gasteiger partial charge < -0.3 is 4.74 Å². The first-order valence-electron chi connectivity index (χ1n) is 4.60. The van der Waals surface area contributed by atoms with E-state index in [1.165, 1.54) is 0 Å². The summed E-state index contributed by atoms with van der Waals surface area (Å²) in [7, 11) is 0. The molecule has 0 N–H and O–H groups in total. The molecule has 1 aromatic rings. The van der Waals surface area contributed by atoms with E-state index in [0.29, 0.717) is 18.1 Å². The number of benzene rings is 1. The van der Waals surface area contributed by atoms with Crippen LogP contribution >= 0.6 is 15.9 Å². The van der Waals surface area contributed by atoms with Crippen molar-refractivity contribution < 1.29 is 9.13 Å². The van der Waals surface area contributed by atoms with Crippen molar-refractivity contribution in [3.05, 3.63) is 29.8 Å². The van der Waals surface area contributed by atoms with Gasteiger partial charge in [0.15, 0.2) is 5.08 Å². The molecule has 14 heavy (non-hydrogen) atoms. The number of hydrogen-bond donors (Lipinski definition) is 0. The van der Waals surface area contributed by atoms with Crippen LogP contribution < -0.4 is 4.74 Å². The maximum Gasteiger partial charge on any atom is 0.180 e. The molecule has 0 saturated heterocycles. The first kappa shape index (κ1) is 11.5. The van der Waals surface area contributed by atoms with Crippen LogP contribution in [0.4, 0.5) is 4.39 Å². The quantitative estimate of drug-likeness (QED) is 0.742. The van der Waals surface area contributed by atoms with Crippen LogP contribution in [-0.2, 0) is 0 Å². The molecule has 0 heterocycles. The minimum absolute atomic E-state index is 0.500. The molecule has 1 aromatic carbocycles. The van der Waals surface area contributed by atoms with E-state index in [9.17, 15) is 4.39 Å². The SMILES string of the molecule is CC(C)COc1ccc(C(F)Br)cc1. The summed E-state index contributed by atoms with van der Waals surface area (Å²) in [5, 5.41) is -1.10. The normalized spacial score (nSPS) is 12.9. The van der Waals surface area contributed by atoms with Gasteiger partial charge in [-0.1, -0.05) is 26.0 Å². The molecule has 1 rings (SSSR count). The van der Waals surface area contributed by atoms with Gasteiger partial charge in [-0.3, -0.25) is 0 Å². The summed E-state index contributed by atoms with van der Waals surface area (Å²) in [6, 6.07) is 7.00. The van der Waals surface area contributed by atoms with Gasteiger partial charge in [-0.2, -0.15) is 0 Å². The van der Waals surface area contributed by atoms with Crippen molar-refractivity contribution >= 4 is 15.9 Å². The molecule has 0 amide bonds. The Morgan fingerprint density at radius 1 is 1.29 bits per heavy atom. The van der Waals surface area contributed by atoms with Crippen LogP contribution in [0.25, 0.3) is 0 Å². The Morgan fingerprint density at radius 2 is 1.86 bits per heavy atom. The highest BCUT2D eigenvalue weighted by Crippen LogP contribution is 2.25. The molecular weight excluding hydrogens is 247 g/mol. The zero-order valence-electron chi connectivity index (χ0n) is 8.34. The van der Waals surface area contributed by atoms with Crippen LogP contribution in [0.5, 0.6) is 5.75 Å². The molecule has 0 bridgehead atoms. The van der Waals surface area contributed by atoms with E-state index in [4.69, 9.17) is 4.74 Å². The highest BCUT2D eigenvalue weighted by Gasteiger charge is 2.04. The van der Waals surface area contributed by atoms with Crippen LogP contribution in [0.1, 0.15) is 24.5 Å². The molecule has 0 spiro atoms. The maximum atomic E-state index is 12.8. The van der Waals surface area contributed by atoms with Gasteiger partial charge in [0.25, 0.3) is 0 Å². The molecule has 1 nitrogen and oxygen atoms in total. The van der Waals surface area contributed by atoms with E-state index in [1.807, 2.05) is 0 Å². The molecule has 1 atom stereocenters. The molecule has 0 fully saturated rings. The minimum Gasteiger partial charge on any atom is -0.493 e. The van der Waals surface area contributed by atoms with Crippen molar-refractivity contribution in [2.24, 2.45) is 5.92 Å². The van der Waals surface area contributed by atoms with E-state index in [2.05, 4.69) is 29.8 Å². The number of halogens is 2. The smallest absolute Gasteiger partial charge is 0.180 e. The van der Waals surface area contributed by atoms with Crippen LogP contribution in [0.3, 0.4) is 0 Å². The molecule has 0 aliphatic heterocycles. The number of hydrogen-bond acceptors (Lipinski definition) is 1. The summed E-state index contributed by atoms with van der Waals surface area (Å²) >= 11 is 2.86. The predicted molar refractivity (Wildman–Crippen MR) is 59.6 cm³/mol. The molecule has 0 radical (unpaired) electrons. The van der Waals surface area contributed by atoms with Crippen molar-refractivity contribution in [2.75, 3.05) is 6.61 Å². The lowest BCUT2D eigenvalue weighted by Crippen LogP contribution is -2.04. The summed E-state index contributed by atoms with van der Waals surface area (Å²) in [5.74, 6) is 1.29. The van der Waals surface area contributed by atoms with Gasteiger partial charge in [0.2, 0.25) is 0 Å². The molecule has 1 unspecified atom stereocenters. The number of rotatable bonds is 4. The van der Waals surface area contributed by atoms with Crippen molar-refractivity contribution in [1.29, 1.82) is 0 Å². The van der Waals surface area contributed by atoms with E-state index in [1.54, 1.807) is 24.3 Å². The van der Waals surface area contributed by atoms with E-state index in [-0.39, 0.29) is 0 Å². The van der Waals surface area contributed by atoms with Crippen molar-refractivity contribution in [3.8, 4) is 5.75 Å². The minimum atomic E-state index is -1.10. The second-order valence-electron chi connectivity index (χ2n) is 3.57. The standard InChI is InChI=1S/C11H14BrFO/c1-8(2)7-14-10-5-3-9(4-6-10)11(12)13/h3-6,8,11H,7H2,1-2H3. The van der Waals surface area contributed by atoms with Crippen LogP contribution in [-0.4, -0.2) is 6.61 Å². The zero-order chi connectivity index (χ0) is 10.6. The lowest BCUT2D eigenvalue weighted by molar-refractivity contribution is 0.271. The summed E-state index contributed by atoms with van der Waals surface area (Å²) in [4.78, 5) is 0. The van der Waals surface area contributed by atoms with Gasteiger partial charge in [0.05, 0.1) is 6.61 Å². The fourth-order valence-corrected chi connectivity index (χ4v) is 1.28. The molecule has 0 aliphatic carbocycles. The topological polar surface area (TPSA) is 9.23 Å². The molecule has 0 aliphatic rings. The average Bonchev–Trinajstić information content (AvgIpc) is 2.15. The summed E-state index contributed by atoms with van der Waals surface area (Å²) in [6.07, 6.45) is 0. The second kappa shape index (κ2) is 5.35. The van der Waals surface area contributed by atoms with Gasteiger partial charge in [0.1, 0.15) is 5.75 Å². The Bertz CT molecular complexity index is 269. The Kier molecular flexibility index (Phi) is 4.39. The zero-order valence-corrected chi connectivity index (χ0v) is 9.92. The second-order valence-corrected chi connectivity index (χ2v) is 4.38. The predicted octanol–water partition coefficient (Wildman–Crippen LogP) is 4.08. The van der Waals surface area contributed by atoms with Gasteiger partial charge in [-0.25, -0.2) is 4.39 Å². The van der Waals surface area contributed by atoms with Crippen LogP contribution in [0, 0.1) is 5.92 Å². The number of ether oxygens (including phenoxy) is 1. The van der Waals surface area contributed by atoms with Crippen molar-refractivity contribution in [3.63, 3.8) is 0 Å². The monoisotopic (exact) mass is 260 g/mol. The third kappa shape index (κ3) is 3.66. The largest absolute Gasteiger partial charge is 0.493 e. The van der Waals surface area contributed by atoms with Crippen molar-refractivity contribution in [2.45, 2.75) is 18.9 Å². The third-order valence-corrected chi connectivity index (χ3v) is 2.24. The fraction of sp³-hybridized carbons (Fsp3) is 0.455. The molecular formula is C11H14BrFO. The first-order chi connectivity index (χ1) is 6.59. The first-order valence-corrected chi connectivity index (χ1v) is 5.52. The number of alkyl halides is 2. The van der Waals surface area contributed by atoms with Gasteiger partial charge in [-0.15, -0.1) is 0 Å². The summed E-state index contributed by atoms with van der Waals surface area (Å²) in [6.45, 7) is 4.86. The Labute approximate surface area is 92.4 Å². The highest BCUT2D eigenvalue weighted by atomic mass is 79.9. The van der Waals surface area contributed by atoms with Gasteiger partial charge >= 0.3 is 0 Å². The molecule has 0 saturated carbocycles. The Balaban J connectivity index is 2.55. The van der Waals surface area contributed by atoms with E-state index >= 15 is 0 Å². The van der Waals surface area contributed by atoms with E-state index < -0.39 is 5.08 Å². The summed E-state index contributed by atoms with van der Waals surface area (Å²) < 4.78 is 18.2. The van der Waals surface area contributed by atoms with Crippen molar-refractivity contribution in [1.82, 2.24) is 0 Å². The lowest BCUT2D eigenvalue weighted by Gasteiger charge is -2.09. The van der Waals surface area contributed by atoms with Gasteiger partial charge in [-0.05, 0) is 39.5 Å². The molecule has 3 heteroatoms. The maximum absolute atomic E-state index is 12.8. The fourth-order valence-electron chi connectivity index (χ4n) is 0.972. The summed E-state index contributed by atoms with van der Waals surface area (Å²) in [5.41, 5.74) is 0.613.